The van der Waals surface area contributed by atoms with E-state index in [-0.39, 0.29) is 24.4 Å². The fraction of sp³-hybridized carbons (Fsp3) is 0.571. The number of esters is 1. The van der Waals surface area contributed by atoms with Crippen LogP contribution in [-0.2, 0) is 14.3 Å². The smallest absolute Gasteiger partial charge is 0.306 e. The van der Waals surface area contributed by atoms with Crippen molar-refractivity contribution in [1.82, 2.24) is 9.88 Å². The number of rotatable bonds is 5. The SMILES string of the molecule is O=C(CC1CCCC1)OCC(=O)N1CCC[C@@H](c2nc3ccccc3s2)C1. The minimum absolute atomic E-state index is 0.0828. The molecule has 5 nitrogen and oxygen atoms in total. The number of para-hydroxylation sites is 1. The van der Waals surface area contributed by atoms with Crippen LogP contribution in [-0.4, -0.2) is 41.5 Å². The number of amides is 1. The molecule has 144 valence electrons. The van der Waals surface area contributed by atoms with E-state index in [9.17, 15) is 9.59 Å². The van der Waals surface area contributed by atoms with Gasteiger partial charge in [-0.15, -0.1) is 11.3 Å². The Bertz CT molecular complexity index is 780. The molecule has 1 aliphatic heterocycles. The maximum Gasteiger partial charge on any atom is 0.306 e. The van der Waals surface area contributed by atoms with Gasteiger partial charge in [0, 0.05) is 25.4 Å². The number of benzene rings is 1. The molecule has 0 spiro atoms. The summed E-state index contributed by atoms with van der Waals surface area (Å²) >= 11 is 1.72. The number of thiazole rings is 1. The maximum atomic E-state index is 12.5. The maximum absolute atomic E-state index is 12.5. The number of fused-ring (bicyclic) bond motifs is 1. The van der Waals surface area contributed by atoms with E-state index in [0.717, 1.165) is 42.8 Å². The molecule has 2 fully saturated rings. The first kappa shape index (κ1) is 18.4. The monoisotopic (exact) mass is 386 g/mol. The lowest BCUT2D eigenvalue weighted by Crippen LogP contribution is -2.41. The van der Waals surface area contributed by atoms with Gasteiger partial charge in [-0.3, -0.25) is 9.59 Å². The van der Waals surface area contributed by atoms with E-state index in [1.54, 1.807) is 11.3 Å². The van der Waals surface area contributed by atoms with Gasteiger partial charge in [0.15, 0.2) is 6.61 Å². The number of likely N-dealkylation sites (tertiary alicyclic amines) is 1. The Labute approximate surface area is 163 Å². The van der Waals surface area contributed by atoms with E-state index in [1.165, 1.54) is 17.5 Å². The Balaban J connectivity index is 1.30. The number of carbonyl (C=O) groups excluding carboxylic acids is 2. The van der Waals surface area contributed by atoms with Crippen LogP contribution < -0.4 is 0 Å². The fourth-order valence-corrected chi connectivity index (χ4v) is 5.31. The summed E-state index contributed by atoms with van der Waals surface area (Å²) in [6.07, 6.45) is 7.10. The van der Waals surface area contributed by atoms with Gasteiger partial charge in [0.2, 0.25) is 0 Å². The van der Waals surface area contributed by atoms with Crippen molar-refractivity contribution in [1.29, 1.82) is 0 Å². The molecule has 1 saturated heterocycles. The Morgan fingerprint density at radius 1 is 1.15 bits per heavy atom. The highest BCUT2D eigenvalue weighted by atomic mass is 32.1. The van der Waals surface area contributed by atoms with E-state index in [1.807, 2.05) is 23.1 Å². The molecule has 0 bridgehead atoms. The second kappa shape index (κ2) is 8.38. The molecule has 4 rings (SSSR count). The molecule has 27 heavy (non-hydrogen) atoms. The lowest BCUT2D eigenvalue weighted by atomic mass is 9.99. The normalized spacial score (nSPS) is 20.9. The zero-order chi connectivity index (χ0) is 18.6. The molecule has 1 saturated carbocycles. The highest BCUT2D eigenvalue weighted by Crippen LogP contribution is 2.33. The van der Waals surface area contributed by atoms with Crippen molar-refractivity contribution >= 4 is 33.4 Å². The van der Waals surface area contributed by atoms with Gasteiger partial charge in [-0.25, -0.2) is 4.98 Å². The van der Waals surface area contributed by atoms with Crippen LogP contribution in [0.5, 0.6) is 0 Å². The van der Waals surface area contributed by atoms with Crippen molar-refractivity contribution in [3.05, 3.63) is 29.3 Å². The molecule has 1 amide bonds. The number of ether oxygens (including phenoxy) is 1. The lowest BCUT2D eigenvalue weighted by Gasteiger charge is -2.31. The van der Waals surface area contributed by atoms with Gasteiger partial charge in [-0.1, -0.05) is 25.0 Å². The Morgan fingerprint density at radius 2 is 1.96 bits per heavy atom. The van der Waals surface area contributed by atoms with Crippen LogP contribution in [0.25, 0.3) is 10.2 Å². The summed E-state index contributed by atoms with van der Waals surface area (Å²) in [4.78, 5) is 31.1. The number of nitrogens with zero attached hydrogens (tertiary/aromatic N) is 2. The minimum atomic E-state index is -0.227. The van der Waals surface area contributed by atoms with E-state index >= 15 is 0 Å². The topological polar surface area (TPSA) is 59.5 Å². The van der Waals surface area contributed by atoms with Gasteiger partial charge in [-0.2, -0.15) is 0 Å². The molecule has 1 aliphatic carbocycles. The Hall–Kier alpha value is -1.95. The van der Waals surface area contributed by atoms with Crippen molar-refractivity contribution in [3.8, 4) is 0 Å². The molecule has 0 unspecified atom stereocenters. The van der Waals surface area contributed by atoms with Crippen LogP contribution in [0, 0.1) is 5.92 Å². The van der Waals surface area contributed by atoms with Crippen LogP contribution in [0.1, 0.15) is 55.9 Å². The first-order valence-corrected chi connectivity index (χ1v) is 10.8. The first-order valence-electron chi connectivity index (χ1n) is 9.98. The van der Waals surface area contributed by atoms with Crippen molar-refractivity contribution in [2.45, 2.75) is 50.9 Å². The summed E-state index contributed by atoms with van der Waals surface area (Å²) in [7, 11) is 0. The summed E-state index contributed by atoms with van der Waals surface area (Å²) in [6.45, 7) is 1.28. The van der Waals surface area contributed by atoms with Crippen molar-refractivity contribution in [3.63, 3.8) is 0 Å². The zero-order valence-electron chi connectivity index (χ0n) is 15.6. The zero-order valence-corrected chi connectivity index (χ0v) is 16.4. The molecule has 1 atom stereocenters. The highest BCUT2D eigenvalue weighted by molar-refractivity contribution is 7.18. The van der Waals surface area contributed by atoms with E-state index in [2.05, 4.69) is 6.07 Å². The minimum Gasteiger partial charge on any atom is -0.456 e. The van der Waals surface area contributed by atoms with Crippen molar-refractivity contribution in [2.24, 2.45) is 5.92 Å². The summed E-state index contributed by atoms with van der Waals surface area (Å²) in [5, 5.41) is 1.10. The predicted octanol–water partition coefficient (Wildman–Crippen LogP) is 4.13. The average Bonchev–Trinajstić information content (AvgIpc) is 3.35. The summed E-state index contributed by atoms with van der Waals surface area (Å²) in [5.41, 5.74) is 1.03. The fourth-order valence-electron chi connectivity index (χ4n) is 4.21. The van der Waals surface area contributed by atoms with Crippen molar-refractivity contribution in [2.75, 3.05) is 19.7 Å². The molecule has 0 radical (unpaired) electrons. The third kappa shape index (κ3) is 4.49. The summed E-state index contributed by atoms with van der Waals surface area (Å²) in [5.74, 6) is 0.413. The number of carbonyl (C=O) groups is 2. The molecule has 2 aromatic rings. The second-order valence-corrected chi connectivity index (χ2v) is 8.78. The largest absolute Gasteiger partial charge is 0.456 e. The number of piperidine rings is 1. The molecular formula is C21H26N2O3S. The quantitative estimate of drug-likeness (QED) is 0.725. The summed E-state index contributed by atoms with van der Waals surface area (Å²) < 4.78 is 6.46. The molecular weight excluding hydrogens is 360 g/mol. The Kier molecular flexibility index (Phi) is 5.72. The van der Waals surface area contributed by atoms with Gasteiger partial charge >= 0.3 is 5.97 Å². The number of hydrogen-bond donors (Lipinski definition) is 0. The average molecular weight is 387 g/mol. The molecule has 6 heteroatoms. The van der Waals surface area contributed by atoms with Crippen LogP contribution in [0.15, 0.2) is 24.3 Å². The predicted molar refractivity (Wildman–Crippen MR) is 106 cm³/mol. The van der Waals surface area contributed by atoms with Gasteiger partial charge in [0.25, 0.3) is 5.91 Å². The summed E-state index contributed by atoms with van der Waals surface area (Å²) in [6, 6.07) is 8.15. The first-order chi connectivity index (χ1) is 13.2. The van der Waals surface area contributed by atoms with Crippen molar-refractivity contribution < 1.29 is 14.3 Å². The third-order valence-corrected chi connectivity index (χ3v) is 6.92. The highest BCUT2D eigenvalue weighted by Gasteiger charge is 2.28. The lowest BCUT2D eigenvalue weighted by molar-refractivity contribution is -0.153. The van der Waals surface area contributed by atoms with Gasteiger partial charge in [0.1, 0.15) is 0 Å². The second-order valence-electron chi connectivity index (χ2n) is 7.71. The Morgan fingerprint density at radius 3 is 2.78 bits per heavy atom. The van der Waals surface area contributed by atoms with Gasteiger partial charge < -0.3 is 9.64 Å². The third-order valence-electron chi connectivity index (χ3n) is 5.72. The molecule has 2 aliphatic rings. The van der Waals surface area contributed by atoms with Crippen LogP contribution >= 0.6 is 11.3 Å². The molecule has 2 heterocycles. The number of aromatic nitrogens is 1. The molecule has 0 N–H and O–H groups in total. The standard InChI is InChI=1S/C21H26N2O3S/c24-19(14-26-20(25)12-15-6-1-2-7-15)23-11-5-8-16(13-23)21-22-17-9-3-4-10-18(17)27-21/h3-4,9-10,15-16H,1-2,5-8,11-14H2/t16-/m1/s1. The molecule has 1 aromatic heterocycles. The molecule has 1 aromatic carbocycles. The van der Waals surface area contributed by atoms with Crippen LogP contribution in [0.2, 0.25) is 0 Å². The van der Waals surface area contributed by atoms with E-state index in [0.29, 0.717) is 18.9 Å². The van der Waals surface area contributed by atoms with E-state index < -0.39 is 0 Å². The number of hydrogen-bond acceptors (Lipinski definition) is 5. The van der Waals surface area contributed by atoms with Gasteiger partial charge in [0.05, 0.1) is 15.2 Å². The van der Waals surface area contributed by atoms with Gasteiger partial charge in [-0.05, 0) is 43.7 Å². The van der Waals surface area contributed by atoms with E-state index in [4.69, 9.17) is 9.72 Å². The van der Waals surface area contributed by atoms with Crippen LogP contribution in [0.3, 0.4) is 0 Å². The van der Waals surface area contributed by atoms with Crippen LogP contribution in [0.4, 0.5) is 0 Å².